The molecule has 0 saturated carbocycles. The molecule has 2 atom stereocenters. The summed E-state index contributed by atoms with van der Waals surface area (Å²) in [5, 5.41) is 19.2. The molecule has 6 heteroatoms. The van der Waals surface area contributed by atoms with Crippen molar-refractivity contribution in [1.29, 1.82) is 0 Å². The lowest BCUT2D eigenvalue weighted by Gasteiger charge is -2.34. The Morgan fingerprint density at radius 2 is 2.21 bits per heavy atom. The van der Waals surface area contributed by atoms with Crippen molar-refractivity contribution in [3.05, 3.63) is 42.2 Å². The third kappa shape index (κ3) is 3.29. The fourth-order valence-electron chi connectivity index (χ4n) is 2.92. The molecule has 0 aliphatic carbocycles. The van der Waals surface area contributed by atoms with Crippen LogP contribution in [0, 0.1) is 5.92 Å². The number of hydrogen-bond acceptors (Lipinski definition) is 5. The predicted octanol–water partition coefficient (Wildman–Crippen LogP) is 1.77. The number of piperidine rings is 1. The standard InChI is InChI=1S/C18H21NO5/c1-23-14-4-2-3-12(9-14)16-5-6-17(24-16)18(22)19-8-7-13(11-20)15(21)10-19/h2-6,9,13,15,20-21H,7-8,10-11H2,1H3/t13-,15+/m1/s1. The van der Waals surface area contributed by atoms with Crippen molar-refractivity contribution in [1.82, 2.24) is 4.90 Å². The van der Waals surface area contributed by atoms with Gasteiger partial charge in [-0.05, 0) is 30.7 Å². The summed E-state index contributed by atoms with van der Waals surface area (Å²) < 4.78 is 10.9. The topological polar surface area (TPSA) is 83.1 Å². The minimum absolute atomic E-state index is 0.0655. The lowest BCUT2D eigenvalue weighted by Crippen LogP contribution is -2.47. The van der Waals surface area contributed by atoms with Crippen LogP contribution in [-0.2, 0) is 0 Å². The molecule has 0 spiro atoms. The second-order valence-electron chi connectivity index (χ2n) is 5.95. The van der Waals surface area contributed by atoms with Crippen molar-refractivity contribution in [3.63, 3.8) is 0 Å². The molecule has 2 heterocycles. The van der Waals surface area contributed by atoms with Gasteiger partial charge in [-0.25, -0.2) is 0 Å². The van der Waals surface area contributed by atoms with Crippen LogP contribution in [0.1, 0.15) is 17.0 Å². The smallest absolute Gasteiger partial charge is 0.289 e. The van der Waals surface area contributed by atoms with Gasteiger partial charge in [0.2, 0.25) is 0 Å². The normalized spacial score (nSPS) is 20.9. The van der Waals surface area contributed by atoms with Gasteiger partial charge in [-0.2, -0.15) is 0 Å². The molecule has 1 saturated heterocycles. The van der Waals surface area contributed by atoms with Crippen LogP contribution in [-0.4, -0.2) is 53.9 Å². The van der Waals surface area contributed by atoms with Crippen LogP contribution in [0.4, 0.5) is 0 Å². The molecule has 0 bridgehead atoms. The fraction of sp³-hybridized carbons (Fsp3) is 0.389. The number of amides is 1. The lowest BCUT2D eigenvalue weighted by atomic mass is 9.94. The summed E-state index contributed by atoms with van der Waals surface area (Å²) in [7, 11) is 1.59. The zero-order chi connectivity index (χ0) is 17.1. The molecule has 128 valence electrons. The number of likely N-dealkylation sites (tertiary alicyclic amines) is 1. The second-order valence-corrected chi connectivity index (χ2v) is 5.95. The van der Waals surface area contributed by atoms with Crippen molar-refractivity contribution in [2.24, 2.45) is 5.92 Å². The van der Waals surface area contributed by atoms with Crippen LogP contribution in [0.2, 0.25) is 0 Å². The molecule has 6 nitrogen and oxygen atoms in total. The van der Waals surface area contributed by atoms with E-state index in [1.807, 2.05) is 24.3 Å². The molecular formula is C18H21NO5. The lowest BCUT2D eigenvalue weighted by molar-refractivity contribution is -0.000193. The number of aliphatic hydroxyl groups excluding tert-OH is 2. The number of β-amino-alcohol motifs (C(OH)–C–C–N with tert-alkyl or cyclic N) is 1. The van der Waals surface area contributed by atoms with Crippen molar-refractivity contribution in [2.45, 2.75) is 12.5 Å². The van der Waals surface area contributed by atoms with E-state index >= 15 is 0 Å². The van der Waals surface area contributed by atoms with Crippen molar-refractivity contribution >= 4 is 5.91 Å². The summed E-state index contributed by atoms with van der Waals surface area (Å²) in [6.45, 7) is 0.638. The number of hydrogen-bond donors (Lipinski definition) is 2. The van der Waals surface area contributed by atoms with E-state index in [0.29, 0.717) is 24.5 Å². The van der Waals surface area contributed by atoms with Crippen LogP contribution >= 0.6 is 0 Å². The Labute approximate surface area is 140 Å². The number of carbonyl (C=O) groups is 1. The largest absolute Gasteiger partial charge is 0.497 e. The minimum Gasteiger partial charge on any atom is -0.497 e. The molecular weight excluding hydrogens is 310 g/mol. The fourth-order valence-corrected chi connectivity index (χ4v) is 2.92. The number of nitrogens with zero attached hydrogens (tertiary/aromatic N) is 1. The Balaban J connectivity index is 1.74. The molecule has 1 aromatic carbocycles. The maximum absolute atomic E-state index is 12.5. The second kappa shape index (κ2) is 7.07. The van der Waals surface area contributed by atoms with Gasteiger partial charge >= 0.3 is 0 Å². The summed E-state index contributed by atoms with van der Waals surface area (Å²) in [5.74, 6) is 1.12. The number of ether oxygens (including phenoxy) is 1. The van der Waals surface area contributed by atoms with E-state index in [1.165, 1.54) is 0 Å². The molecule has 2 aromatic rings. The first kappa shape index (κ1) is 16.5. The van der Waals surface area contributed by atoms with Crippen LogP contribution in [0.15, 0.2) is 40.8 Å². The number of rotatable bonds is 4. The monoisotopic (exact) mass is 331 g/mol. The number of methoxy groups -OCH3 is 1. The van der Waals surface area contributed by atoms with Crippen molar-refractivity contribution in [2.75, 3.05) is 26.8 Å². The van der Waals surface area contributed by atoms with E-state index in [2.05, 4.69) is 0 Å². The van der Waals surface area contributed by atoms with Crippen LogP contribution in [0.25, 0.3) is 11.3 Å². The van der Waals surface area contributed by atoms with Gasteiger partial charge in [0.25, 0.3) is 5.91 Å². The summed E-state index contributed by atoms with van der Waals surface area (Å²) in [6.07, 6.45) is -0.132. The van der Waals surface area contributed by atoms with Crippen LogP contribution in [0.5, 0.6) is 5.75 Å². The molecule has 0 radical (unpaired) electrons. The van der Waals surface area contributed by atoms with Gasteiger partial charge in [-0.15, -0.1) is 0 Å². The molecule has 0 unspecified atom stereocenters. The van der Waals surface area contributed by atoms with E-state index in [0.717, 1.165) is 5.56 Å². The third-order valence-corrected chi connectivity index (χ3v) is 4.41. The molecule has 1 aromatic heterocycles. The Kier molecular flexibility index (Phi) is 4.87. The first-order valence-electron chi connectivity index (χ1n) is 7.95. The molecule has 1 aliphatic heterocycles. The maximum Gasteiger partial charge on any atom is 0.289 e. The Hall–Kier alpha value is -2.31. The molecule has 24 heavy (non-hydrogen) atoms. The molecule has 2 N–H and O–H groups in total. The third-order valence-electron chi connectivity index (χ3n) is 4.41. The van der Waals surface area contributed by atoms with E-state index in [-0.39, 0.29) is 30.7 Å². The SMILES string of the molecule is COc1cccc(-c2ccc(C(=O)N3CC[C@H](CO)[C@@H](O)C3)o2)c1. The number of furan rings is 1. The van der Waals surface area contributed by atoms with Gasteiger partial charge in [0.15, 0.2) is 5.76 Å². The average molecular weight is 331 g/mol. The minimum atomic E-state index is -0.708. The van der Waals surface area contributed by atoms with Gasteiger partial charge in [0.05, 0.1) is 13.2 Å². The average Bonchev–Trinajstić information content (AvgIpc) is 3.11. The van der Waals surface area contributed by atoms with Gasteiger partial charge in [-0.3, -0.25) is 4.79 Å². The first-order chi connectivity index (χ1) is 11.6. The summed E-state index contributed by atoms with van der Waals surface area (Å²) in [4.78, 5) is 14.1. The maximum atomic E-state index is 12.5. The Morgan fingerprint density at radius 3 is 2.92 bits per heavy atom. The van der Waals surface area contributed by atoms with Crippen LogP contribution < -0.4 is 4.74 Å². The quantitative estimate of drug-likeness (QED) is 0.892. The van der Waals surface area contributed by atoms with Gasteiger partial charge in [-0.1, -0.05) is 12.1 Å². The highest BCUT2D eigenvalue weighted by Gasteiger charge is 2.31. The predicted molar refractivity (Wildman–Crippen MR) is 87.8 cm³/mol. The van der Waals surface area contributed by atoms with Crippen molar-refractivity contribution in [3.8, 4) is 17.1 Å². The molecule has 1 aliphatic rings. The number of benzene rings is 1. The summed E-state index contributed by atoms with van der Waals surface area (Å²) in [5.41, 5.74) is 0.826. The number of aliphatic hydroxyl groups is 2. The summed E-state index contributed by atoms with van der Waals surface area (Å²) in [6, 6.07) is 10.8. The van der Waals surface area contributed by atoms with Crippen LogP contribution in [0.3, 0.4) is 0 Å². The highest BCUT2D eigenvalue weighted by molar-refractivity contribution is 5.92. The highest BCUT2D eigenvalue weighted by atomic mass is 16.5. The van der Waals surface area contributed by atoms with E-state index in [9.17, 15) is 15.0 Å². The zero-order valence-corrected chi connectivity index (χ0v) is 13.5. The number of carbonyl (C=O) groups excluding carboxylic acids is 1. The summed E-state index contributed by atoms with van der Waals surface area (Å²) >= 11 is 0. The Morgan fingerprint density at radius 1 is 1.38 bits per heavy atom. The van der Waals surface area contributed by atoms with Gasteiger partial charge in [0, 0.05) is 31.2 Å². The van der Waals surface area contributed by atoms with Gasteiger partial charge in [0.1, 0.15) is 11.5 Å². The molecule has 1 fully saturated rings. The highest BCUT2D eigenvalue weighted by Crippen LogP contribution is 2.27. The Bertz CT molecular complexity index is 711. The first-order valence-corrected chi connectivity index (χ1v) is 7.95. The molecule has 3 rings (SSSR count). The molecule has 1 amide bonds. The zero-order valence-electron chi connectivity index (χ0n) is 13.5. The van der Waals surface area contributed by atoms with E-state index in [1.54, 1.807) is 24.1 Å². The van der Waals surface area contributed by atoms with E-state index in [4.69, 9.17) is 9.15 Å². The van der Waals surface area contributed by atoms with Gasteiger partial charge < -0.3 is 24.3 Å². The van der Waals surface area contributed by atoms with E-state index < -0.39 is 6.10 Å². The van der Waals surface area contributed by atoms with Crippen molar-refractivity contribution < 1.29 is 24.2 Å².